The zero-order valence-corrected chi connectivity index (χ0v) is 14.2. The third-order valence-electron chi connectivity index (χ3n) is 3.50. The maximum atomic E-state index is 12.9. The van der Waals surface area contributed by atoms with Crippen molar-refractivity contribution in [1.29, 1.82) is 0 Å². The van der Waals surface area contributed by atoms with Crippen LogP contribution >= 0.6 is 15.9 Å². The van der Waals surface area contributed by atoms with E-state index in [4.69, 9.17) is 0 Å². The highest BCUT2D eigenvalue weighted by Gasteiger charge is 2.21. The lowest BCUT2D eigenvalue weighted by Crippen LogP contribution is -2.36. The molecule has 0 spiro atoms. The molecule has 0 unspecified atom stereocenters. The number of amides is 1. The van der Waals surface area contributed by atoms with E-state index in [1.54, 1.807) is 0 Å². The molecule has 0 aliphatic carbocycles. The molecule has 0 saturated carbocycles. The maximum Gasteiger partial charge on any atom is 0.255 e. The van der Waals surface area contributed by atoms with E-state index in [0.717, 1.165) is 21.2 Å². The fraction of sp³-hybridized carbons (Fsp3) is 0.278. The summed E-state index contributed by atoms with van der Waals surface area (Å²) in [7, 11) is 0. The molecule has 2 aromatic rings. The summed E-state index contributed by atoms with van der Waals surface area (Å²) in [6, 6.07) is 16.0. The van der Waals surface area contributed by atoms with Gasteiger partial charge in [0.25, 0.3) is 5.91 Å². The van der Waals surface area contributed by atoms with Crippen LogP contribution in [0, 0.1) is 6.92 Å². The lowest BCUT2D eigenvalue weighted by atomic mass is 10.1. The van der Waals surface area contributed by atoms with E-state index in [1.807, 2.05) is 74.2 Å². The quantitative estimate of drug-likeness (QED) is 0.778. The highest BCUT2D eigenvalue weighted by Crippen LogP contribution is 2.24. The van der Waals surface area contributed by atoms with Crippen LogP contribution < -0.4 is 0 Å². The molecule has 0 aliphatic heterocycles. The van der Waals surface area contributed by atoms with Crippen molar-refractivity contribution in [2.75, 3.05) is 0 Å². The minimum atomic E-state index is 0.0597. The van der Waals surface area contributed by atoms with Crippen molar-refractivity contribution in [3.05, 3.63) is 69.7 Å². The Morgan fingerprint density at radius 3 is 2.38 bits per heavy atom. The van der Waals surface area contributed by atoms with E-state index < -0.39 is 0 Å². The Morgan fingerprint density at radius 1 is 1.10 bits per heavy atom. The van der Waals surface area contributed by atoms with Crippen molar-refractivity contribution < 1.29 is 4.79 Å². The van der Waals surface area contributed by atoms with Crippen molar-refractivity contribution in [2.24, 2.45) is 0 Å². The first-order chi connectivity index (χ1) is 10.0. The number of hydrogen-bond donors (Lipinski definition) is 0. The third-order valence-corrected chi connectivity index (χ3v) is 4.55. The van der Waals surface area contributed by atoms with Gasteiger partial charge >= 0.3 is 0 Å². The van der Waals surface area contributed by atoms with E-state index in [9.17, 15) is 4.79 Å². The van der Waals surface area contributed by atoms with Crippen LogP contribution in [0.25, 0.3) is 0 Å². The van der Waals surface area contributed by atoms with E-state index in [1.165, 1.54) is 0 Å². The minimum absolute atomic E-state index is 0.0597. The highest BCUT2D eigenvalue weighted by atomic mass is 79.9. The van der Waals surface area contributed by atoms with Gasteiger partial charge in [-0.2, -0.15) is 0 Å². The molecule has 1 amide bonds. The number of halogens is 1. The van der Waals surface area contributed by atoms with Crippen LogP contribution in [0.2, 0.25) is 0 Å². The lowest BCUT2D eigenvalue weighted by molar-refractivity contribution is 0.0689. The first kappa shape index (κ1) is 15.8. The van der Waals surface area contributed by atoms with Crippen LogP contribution in [0.1, 0.15) is 35.3 Å². The van der Waals surface area contributed by atoms with Crippen molar-refractivity contribution in [3.63, 3.8) is 0 Å². The number of nitrogens with zero attached hydrogens (tertiary/aromatic N) is 1. The monoisotopic (exact) mass is 345 g/mol. The second-order valence-electron chi connectivity index (χ2n) is 5.45. The first-order valence-corrected chi connectivity index (χ1v) is 7.90. The SMILES string of the molecule is Cc1cccc(C(=O)N(Cc2ccccc2)C(C)C)c1Br. The van der Waals surface area contributed by atoms with Crippen LogP contribution in [0.15, 0.2) is 53.0 Å². The summed E-state index contributed by atoms with van der Waals surface area (Å²) in [5.74, 6) is 0.0597. The molecule has 0 heterocycles. The summed E-state index contributed by atoms with van der Waals surface area (Å²) in [6.45, 7) is 6.71. The van der Waals surface area contributed by atoms with Crippen LogP contribution in [-0.2, 0) is 6.54 Å². The van der Waals surface area contributed by atoms with Gasteiger partial charge in [-0.1, -0.05) is 42.5 Å². The second kappa shape index (κ2) is 6.90. The largest absolute Gasteiger partial charge is 0.332 e. The molecule has 110 valence electrons. The Hall–Kier alpha value is -1.61. The van der Waals surface area contributed by atoms with Crippen molar-refractivity contribution in [1.82, 2.24) is 4.90 Å². The average Bonchev–Trinajstić information content (AvgIpc) is 2.48. The molecule has 2 nitrogen and oxygen atoms in total. The predicted molar refractivity (Wildman–Crippen MR) is 90.3 cm³/mol. The van der Waals surface area contributed by atoms with Crippen molar-refractivity contribution >= 4 is 21.8 Å². The van der Waals surface area contributed by atoms with E-state index in [-0.39, 0.29) is 11.9 Å². The van der Waals surface area contributed by atoms with Gasteiger partial charge in [-0.25, -0.2) is 0 Å². The number of carbonyl (C=O) groups is 1. The Balaban J connectivity index is 2.30. The Morgan fingerprint density at radius 2 is 1.76 bits per heavy atom. The standard InChI is InChI=1S/C18H20BrNO/c1-13(2)20(12-15-9-5-4-6-10-15)18(21)16-11-7-8-14(3)17(16)19/h4-11,13H,12H2,1-3H3. The zero-order chi connectivity index (χ0) is 15.4. The van der Waals surface area contributed by atoms with Crippen molar-refractivity contribution in [2.45, 2.75) is 33.4 Å². The summed E-state index contributed by atoms with van der Waals surface area (Å²) < 4.78 is 0.883. The minimum Gasteiger partial charge on any atom is -0.332 e. The van der Waals surface area contributed by atoms with Gasteiger partial charge in [-0.15, -0.1) is 0 Å². The smallest absolute Gasteiger partial charge is 0.255 e. The Bertz CT molecular complexity index is 622. The van der Waals surface area contributed by atoms with E-state index in [0.29, 0.717) is 6.54 Å². The second-order valence-corrected chi connectivity index (χ2v) is 6.24. The summed E-state index contributed by atoms with van der Waals surface area (Å²) >= 11 is 3.54. The van der Waals surface area contributed by atoms with Gasteiger partial charge in [0, 0.05) is 17.1 Å². The predicted octanol–water partition coefficient (Wildman–Crippen LogP) is 4.81. The molecule has 0 saturated heterocycles. The van der Waals surface area contributed by atoms with Crippen LogP contribution in [0.4, 0.5) is 0 Å². The summed E-state index contributed by atoms with van der Waals surface area (Å²) in [5.41, 5.74) is 2.94. The summed E-state index contributed by atoms with van der Waals surface area (Å²) in [6.07, 6.45) is 0. The molecule has 21 heavy (non-hydrogen) atoms. The fourth-order valence-corrected chi connectivity index (χ4v) is 2.67. The number of rotatable bonds is 4. The maximum absolute atomic E-state index is 12.9. The zero-order valence-electron chi connectivity index (χ0n) is 12.6. The van der Waals surface area contributed by atoms with Gasteiger partial charge in [0.1, 0.15) is 0 Å². The molecule has 2 rings (SSSR count). The number of benzene rings is 2. The Kier molecular flexibility index (Phi) is 5.18. The van der Waals surface area contributed by atoms with Crippen LogP contribution in [-0.4, -0.2) is 16.8 Å². The van der Waals surface area contributed by atoms with Gasteiger partial charge in [0.15, 0.2) is 0 Å². The summed E-state index contributed by atoms with van der Waals surface area (Å²) in [4.78, 5) is 14.8. The molecule has 0 N–H and O–H groups in total. The summed E-state index contributed by atoms with van der Waals surface area (Å²) in [5, 5.41) is 0. The first-order valence-electron chi connectivity index (χ1n) is 7.10. The number of aryl methyl sites for hydroxylation is 1. The Labute approximate surface area is 134 Å². The molecule has 0 bridgehead atoms. The molecule has 0 fully saturated rings. The highest BCUT2D eigenvalue weighted by molar-refractivity contribution is 9.10. The van der Waals surface area contributed by atoms with E-state index >= 15 is 0 Å². The molecule has 2 aromatic carbocycles. The molecular weight excluding hydrogens is 326 g/mol. The van der Waals surface area contributed by atoms with E-state index in [2.05, 4.69) is 15.9 Å². The number of carbonyl (C=O) groups excluding carboxylic acids is 1. The molecule has 3 heteroatoms. The number of hydrogen-bond acceptors (Lipinski definition) is 1. The van der Waals surface area contributed by atoms with Gasteiger partial charge in [-0.05, 0) is 53.9 Å². The van der Waals surface area contributed by atoms with Gasteiger partial charge < -0.3 is 4.90 Å². The van der Waals surface area contributed by atoms with Gasteiger partial charge in [0.05, 0.1) is 5.56 Å². The average molecular weight is 346 g/mol. The van der Waals surface area contributed by atoms with Crippen LogP contribution in [0.5, 0.6) is 0 Å². The van der Waals surface area contributed by atoms with Crippen LogP contribution in [0.3, 0.4) is 0 Å². The third kappa shape index (κ3) is 3.73. The van der Waals surface area contributed by atoms with Gasteiger partial charge in [0.2, 0.25) is 0 Å². The molecule has 0 radical (unpaired) electrons. The molecule has 0 atom stereocenters. The van der Waals surface area contributed by atoms with Gasteiger partial charge in [-0.3, -0.25) is 4.79 Å². The normalized spacial score (nSPS) is 10.7. The molecule has 0 aromatic heterocycles. The topological polar surface area (TPSA) is 20.3 Å². The fourth-order valence-electron chi connectivity index (χ4n) is 2.24. The lowest BCUT2D eigenvalue weighted by Gasteiger charge is -2.27. The molecule has 0 aliphatic rings. The van der Waals surface area contributed by atoms with Crippen molar-refractivity contribution in [3.8, 4) is 0 Å². The molecular formula is C18H20BrNO.